The quantitative estimate of drug-likeness (QED) is 0.785. The number of rotatable bonds is 3. The lowest BCUT2D eigenvalue weighted by Crippen LogP contribution is -2.10. The molecule has 0 N–H and O–H groups in total. The monoisotopic (exact) mass is 260 g/mol. The van der Waals surface area contributed by atoms with Gasteiger partial charge in [0.1, 0.15) is 5.75 Å². The molecule has 1 fully saturated rings. The topological polar surface area (TPSA) is 43.4 Å². The van der Waals surface area contributed by atoms with E-state index in [2.05, 4.69) is 0 Å². The van der Waals surface area contributed by atoms with Gasteiger partial charge in [-0.15, -0.1) is 0 Å². The average molecular weight is 261 g/mol. The van der Waals surface area contributed by atoms with Gasteiger partial charge in [-0.05, 0) is 42.5 Å². The Bertz CT molecular complexity index is 492. The highest BCUT2D eigenvalue weighted by atomic mass is 35.7. The number of halogens is 1. The number of hydrogen-bond donors (Lipinski definition) is 0. The van der Waals surface area contributed by atoms with Gasteiger partial charge < -0.3 is 4.74 Å². The molecule has 1 aliphatic rings. The van der Waals surface area contributed by atoms with Gasteiger partial charge in [0.2, 0.25) is 0 Å². The molecule has 0 atom stereocenters. The Labute approximate surface area is 99.8 Å². The molecule has 0 aromatic heterocycles. The number of ether oxygens (including phenoxy) is 1. The van der Waals surface area contributed by atoms with E-state index >= 15 is 0 Å². The van der Waals surface area contributed by atoms with E-state index in [1.807, 2.05) is 0 Å². The van der Waals surface area contributed by atoms with Gasteiger partial charge in [-0.3, -0.25) is 0 Å². The average Bonchev–Trinajstić information content (AvgIpc) is 2.13. The molecule has 0 aliphatic heterocycles. The Balaban J connectivity index is 2.46. The minimum Gasteiger partial charge on any atom is -0.496 e. The lowest BCUT2D eigenvalue weighted by Gasteiger charge is -2.27. The van der Waals surface area contributed by atoms with E-state index in [0.717, 1.165) is 24.2 Å². The first kappa shape index (κ1) is 11.7. The van der Waals surface area contributed by atoms with Crippen LogP contribution in [0.1, 0.15) is 30.7 Å². The molecule has 0 saturated heterocycles. The molecular formula is C11H13ClO3S. The molecule has 0 heterocycles. The molecule has 0 spiro atoms. The molecule has 1 aromatic rings. The summed E-state index contributed by atoms with van der Waals surface area (Å²) in [6, 6.07) is 4.78. The maximum Gasteiger partial charge on any atom is 0.261 e. The van der Waals surface area contributed by atoms with Crippen LogP contribution >= 0.6 is 10.7 Å². The second kappa shape index (κ2) is 4.26. The third-order valence-electron chi connectivity index (χ3n) is 3.03. The Kier molecular flexibility index (Phi) is 3.13. The molecule has 5 heteroatoms. The third-order valence-corrected chi connectivity index (χ3v) is 4.38. The molecule has 0 radical (unpaired) electrons. The van der Waals surface area contributed by atoms with Crippen molar-refractivity contribution in [2.24, 2.45) is 0 Å². The maximum atomic E-state index is 11.2. The molecule has 16 heavy (non-hydrogen) atoms. The molecule has 0 unspecified atom stereocenters. The lowest BCUT2D eigenvalue weighted by atomic mass is 9.80. The summed E-state index contributed by atoms with van der Waals surface area (Å²) in [6.07, 6.45) is 3.36. The lowest BCUT2D eigenvalue weighted by molar-refractivity contribution is 0.373. The van der Waals surface area contributed by atoms with E-state index in [-0.39, 0.29) is 4.90 Å². The summed E-state index contributed by atoms with van der Waals surface area (Å²) < 4.78 is 27.7. The Morgan fingerprint density at radius 3 is 2.50 bits per heavy atom. The summed E-state index contributed by atoms with van der Waals surface area (Å²) in [4.78, 5) is 0.150. The molecule has 1 aromatic carbocycles. The highest BCUT2D eigenvalue weighted by molar-refractivity contribution is 8.13. The Morgan fingerprint density at radius 2 is 2.06 bits per heavy atom. The van der Waals surface area contributed by atoms with Crippen molar-refractivity contribution in [3.63, 3.8) is 0 Å². The second-order valence-electron chi connectivity index (χ2n) is 3.97. The van der Waals surface area contributed by atoms with Crippen LogP contribution in [0.5, 0.6) is 5.75 Å². The van der Waals surface area contributed by atoms with E-state index in [0.29, 0.717) is 5.92 Å². The van der Waals surface area contributed by atoms with Gasteiger partial charge in [-0.2, -0.15) is 0 Å². The standard InChI is InChI=1S/C11H13ClO3S/c1-15-11-6-5-9(16(12,13)14)7-10(11)8-3-2-4-8/h5-8H,2-4H2,1H3. The molecule has 2 rings (SSSR count). The number of benzene rings is 1. The molecular weight excluding hydrogens is 248 g/mol. The van der Waals surface area contributed by atoms with Crippen LogP contribution in [0.3, 0.4) is 0 Å². The van der Waals surface area contributed by atoms with Crippen molar-refractivity contribution in [2.45, 2.75) is 30.1 Å². The zero-order valence-electron chi connectivity index (χ0n) is 8.94. The first-order valence-electron chi connectivity index (χ1n) is 5.15. The minimum absolute atomic E-state index is 0.150. The zero-order chi connectivity index (χ0) is 11.8. The van der Waals surface area contributed by atoms with Crippen molar-refractivity contribution < 1.29 is 13.2 Å². The van der Waals surface area contributed by atoms with Crippen LogP contribution in [0.25, 0.3) is 0 Å². The Hall–Kier alpha value is -0.740. The van der Waals surface area contributed by atoms with Crippen LogP contribution in [-0.2, 0) is 9.05 Å². The van der Waals surface area contributed by atoms with Crippen molar-refractivity contribution >= 4 is 19.7 Å². The summed E-state index contributed by atoms with van der Waals surface area (Å²) in [7, 11) is 3.26. The highest BCUT2D eigenvalue weighted by Gasteiger charge is 2.24. The van der Waals surface area contributed by atoms with Crippen LogP contribution in [0, 0.1) is 0 Å². The van der Waals surface area contributed by atoms with Crippen molar-refractivity contribution in [3.05, 3.63) is 23.8 Å². The predicted octanol–water partition coefficient (Wildman–Crippen LogP) is 2.89. The van der Waals surface area contributed by atoms with Gasteiger partial charge in [0.25, 0.3) is 9.05 Å². The fraction of sp³-hybridized carbons (Fsp3) is 0.455. The van der Waals surface area contributed by atoms with E-state index < -0.39 is 9.05 Å². The van der Waals surface area contributed by atoms with E-state index in [1.54, 1.807) is 19.2 Å². The van der Waals surface area contributed by atoms with E-state index in [1.165, 1.54) is 12.5 Å². The maximum absolute atomic E-state index is 11.2. The van der Waals surface area contributed by atoms with Crippen LogP contribution in [0.4, 0.5) is 0 Å². The SMILES string of the molecule is COc1ccc(S(=O)(=O)Cl)cc1C1CCC1. The van der Waals surface area contributed by atoms with Crippen LogP contribution in [-0.4, -0.2) is 15.5 Å². The number of methoxy groups -OCH3 is 1. The van der Waals surface area contributed by atoms with Crippen LogP contribution in [0.15, 0.2) is 23.1 Å². The predicted molar refractivity (Wildman–Crippen MR) is 62.6 cm³/mol. The van der Waals surface area contributed by atoms with Crippen LogP contribution in [0.2, 0.25) is 0 Å². The van der Waals surface area contributed by atoms with Crippen molar-refractivity contribution in [3.8, 4) is 5.75 Å². The van der Waals surface area contributed by atoms with Crippen molar-refractivity contribution in [1.82, 2.24) is 0 Å². The Morgan fingerprint density at radius 1 is 1.38 bits per heavy atom. The normalized spacial score (nSPS) is 16.9. The molecule has 0 amide bonds. The molecule has 0 bridgehead atoms. The van der Waals surface area contributed by atoms with Gasteiger partial charge in [-0.25, -0.2) is 8.42 Å². The summed E-state index contributed by atoms with van der Waals surface area (Å²) in [5, 5.41) is 0. The van der Waals surface area contributed by atoms with E-state index in [4.69, 9.17) is 15.4 Å². The molecule has 1 aliphatic carbocycles. The molecule has 88 valence electrons. The first-order valence-corrected chi connectivity index (χ1v) is 7.46. The number of hydrogen-bond acceptors (Lipinski definition) is 3. The van der Waals surface area contributed by atoms with E-state index in [9.17, 15) is 8.42 Å². The summed E-state index contributed by atoms with van der Waals surface area (Å²) in [6.45, 7) is 0. The first-order chi connectivity index (χ1) is 7.52. The van der Waals surface area contributed by atoms with Crippen molar-refractivity contribution in [2.75, 3.05) is 7.11 Å². The zero-order valence-corrected chi connectivity index (χ0v) is 10.5. The summed E-state index contributed by atoms with van der Waals surface area (Å²) in [5.41, 5.74) is 0.954. The van der Waals surface area contributed by atoms with Gasteiger partial charge in [0.05, 0.1) is 12.0 Å². The van der Waals surface area contributed by atoms with Crippen molar-refractivity contribution in [1.29, 1.82) is 0 Å². The highest BCUT2D eigenvalue weighted by Crippen LogP contribution is 2.41. The van der Waals surface area contributed by atoms with Crippen LogP contribution < -0.4 is 4.74 Å². The van der Waals surface area contributed by atoms with Gasteiger partial charge in [0.15, 0.2) is 0 Å². The second-order valence-corrected chi connectivity index (χ2v) is 6.54. The van der Waals surface area contributed by atoms with Gasteiger partial charge in [0, 0.05) is 10.7 Å². The van der Waals surface area contributed by atoms with Gasteiger partial charge >= 0.3 is 0 Å². The molecule has 3 nitrogen and oxygen atoms in total. The minimum atomic E-state index is -3.65. The summed E-state index contributed by atoms with van der Waals surface area (Å²) >= 11 is 0. The fourth-order valence-corrected chi connectivity index (χ4v) is 2.69. The molecule has 1 saturated carbocycles. The van der Waals surface area contributed by atoms with Gasteiger partial charge in [-0.1, -0.05) is 6.42 Å². The fourth-order valence-electron chi connectivity index (χ4n) is 1.90. The smallest absolute Gasteiger partial charge is 0.261 e. The third kappa shape index (κ3) is 2.18. The largest absolute Gasteiger partial charge is 0.496 e. The summed E-state index contributed by atoms with van der Waals surface area (Å²) in [5.74, 6) is 1.15.